The molecule has 0 aromatic heterocycles. The van der Waals surface area contributed by atoms with Crippen LogP contribution in [0.5, 0.6) is 0 Å². The van der Waals surface area contributed by atoms with E-state index in [0.717, 1.165) is 16.7 Å². The van der Waals surface area contributed by atoms with E-state index < -0.39 is 5.97 Å². The topological polar surface area (TPSA) is 66.8 Å². The second-order valence-corrected chi connectivity index (χ2v) is 5.88. The number of amides is 1. The van der Waals surface area contributed by atoms with Crippen molar-refractivity contribution in [2.24, 2.45) is 0 Å². The lowest BCUT2D eigenvalue weighted by atomic mass is 9.92. The highest BCUT2D eigenvalue weighted by molar-refractivity contribution is 5.88. The number of rotatable bonds is 3. The van der Waals surface area contributed by atoms with Gasteiger partial charge >= 0.3 is 12.1 Å². The van der Waals surface area contributed by atoms with Gasteiger partial charge < -0.3 is 14.7 Å². The zero-order chi connectivity index (χ0) is 17.1. The van der Waals surface area contributed by atoms with E-state index in [1.165, 1.54) is 0 Å². The standard InChI is InChI=1S/C19H19NO4/c1-13-17-8-7-16(18(21)22)11-15(17)9-10-20(13)19(23)24-12-14-5-3-2-4-6-14/h2-8,11,13H,9-10,12H2,1H3,(H,21,22). The predicted octanol–water partition coefficient (Wildman–Crippen LogP) is 3.64. The molecule has 0 saturated heterocycles. The van der Waals surface area contributed by atoms with E-state index in [1.807, 2.05) is 37.3 Å². The maximum Gasteiger partial charge on any atom is 0.410 e. The van der Waals surface area contributed by atoms with Gasteiger partial charge in [-0.3, -0.25) is 0 Å². The van der Waals surface area contributed by atoms with Crippen molar-refractivity contribution in [1.29, 1.82) is 0 Å². The summed E-state index contributed by atoms with van der Waals surface area (Å²) in [5.74, 6) is -0.935. The Labute approximate surface area is 140 Å². The second-order valence-electron chi connectivity index (χ2n) is 5.88. The molecule has 2 aromatic rings. The van der Waals surface area contributed by atoms with E-state index >= 15 is 0 Å². The Morgan fingerprint density at radius 2 is 1.96 bits per heavy atom. The molecule has 2 aromatic carbocycles. The molecule has 1 aliphatic heterocycles. The van der Waals surface area contributed by atoms with Gasteiger partial charge in [0, 0.05) is 6.54 Å². The molecule has 1 unspecified atom stereocenters. The van der Waals surface area contributed by atoms with Crippen molar-refractivity contribution in [1.82, 2.24) is 4.90 Å². The first-order chi connectivity index (χ1) is 11.6. The summed E-state index contributed by atoms with van der Waals surface area (Å²) < 4.78 is 5.41. The first-order valence-corrected chi connectivity index (χ1v) is 7.89. The van der Waals surface area contributed by atoms with E-state index in [-0.39, 0.29) is 24.3 Å². The lowest BCUT2D eigenvalue weighted by molar-refractivity contribution is 0.0693. The molecule has 24 heavy (non-hydrogen) atoms. The second kappa shape index (κ2) is 6.74. The maximum atomic E-state index is 12.4. The summed E-state index contributed by atoms with van der Waals surface area (Å²) in [4.78, 5) is 25.1. The van der Waals surface area contributed by atoms with Crippen LogP contribution in [0, 0.1) is 0 Å². The number of hydrogen-bond donors (Lipinski definition) is 1. The molecule has 1 atom stereocenters. The van der Waals surface area contributed by atoms with Gasteiger partial charge in [0.15, 0.2) is 0 Å². The number of carbonyl (C=O) groups excluding carboxylic acids is 1. The van der Waals surface area contributed by atoms with Gasteiger partial charge in [-0.25, -0.2) is 9.59 Å². The highest BCUT2D eigenvalue weighted by Crippen LogP contribution is 2.30. The third-order valence-electron chi connectivity index (χ3n) is 4.37. The minimum atomic E-state index is -0.935. The van der Waals surface area contributed by atoms with Crippen molar-refractivity contribution in [3.63, 3.8) is 0 Å². The summed E-state index contributed by atoms with van der Waals surface area (Å²) in [7, 11) is 0. The molecule has 0 radical (unpaired) electrons. The summed E-state index contributed by atoms with van der Waals surface area (Å²) in [6.07, 6.45) is 0.278. The number of carbonyl (C=O) groups is 2. The maximum absolute atomic E-state index is 12.4. The molecule has 1 aliphatic rings. The fourth-order valence-corrected chi connectivity index (χ4v) is 3.02. The Hall–Kier alpha value is -2.82. The molecule has 1 heterocycles. The van der Waals surface area contributed by atoms with Gasteiger partial charge in [-0.1, -0.05) is 36.4 Å². The van der Waals surface area contributed by atoms with Crippen molar-refractivity contribution in [2.75, 3.05) is 6.54 Å². The Morgan fingerprint density at radius 1 is 1.21 bits per heavy atom. The minimum absolute atomic E-state index is 0.139. The van der Waals surface area contributed by atoms with Gasteiger partial charge in [0.25, 0.3) is 0 Å². The molecule has 1 N–H and O–H groups in total. The van der Waals surface area contributed by atoms with Gasteiger partial charge in [0.1, 0.15) is 6.61 Å². The number of fused-ring (bicyclic) bond motifs is 1. The predicted molar refractivity (Wildman–Crippen MR) is 88.9 cm³/mol. The smallest absolute Gasteiger partial charge is 0.410 e. The number of aromatic carboxylic acids is 1. The number of ether oxygens (including phenoxy) is 1. The van der Waals surface area contributed by atoms with E-state index in [4.69, 9.17) is 9.84 Å². The summed E-state index contributed by atoms with van der Waals surface area (Å²) >= 11 is 0. The molecule has 0 spiro atoms. The van der Waals surface area contributed by atoms with Gasteiger partial charge in [-0.05, 0) is 42.2 Å². The third kappa shape index (κ3) is 3.25. The fraction of sp³-hybridized carbons (Fsp3) is 0.263. The van der Waals surface area contributed by atoms with E-state index in [2.05, 4.69) is 0 Å². The number of hydrogen-bond acceptors (Lipinski definition) is 3. The Balaban J connectivity index is 1.70. The number of nitrogens with zero attached hydrogens (tertiary/aromatic N) is 1. The Kier molecular flexibility index (Phi) is 4.51. The van der Waals surface area contributed by atoms with Crippen molar-refractivity contribution in [3.05, 3.63) is 70.8 Å². The van der Waals surface area contributed by atoms with Crippen LogP contribution in [0.25, 0.3) is 0 Å². The highest BCUT2D eigenvalue weighted by Gasteiger charge is 2.29. The van der Waals surface area contributed by atoms with Crippen molar-refractivity contribution < 1.29 is 19.4 Å². The quantitative estimate of drug-likeness (QED) is 0.935. The monoisotopic (exact) mass is 325 g/mol. The summed E-state index contributed by atoms with van der Waals surface area (Å²) in [5, 5.41) is 9.09. The summed E-state index contributed by atoms with van der Waals surface area (Å²) in [5.41, 5.74) is 3.18. The van der Waals surface area contributed by atoms with Crippen LogP contribution in [-0.2, 0) is 17.8 Å². The molecular weight excluding hydrogens is 306 g/mol. The molecule has 5 nitrogen and oxygen atoms in total. The highest BCUT2D eigenvalue weighted by atomic mass is 16.6. The van der Waals surface area contributed by atoms with Crippen LogP contribution in [-0.4, -0.2) is 28.6 Å². The molecule has 3 rings (SSSR count). The molecule has 0 aliphatic carbocycles. The molecule has 0 saturated carbocycles. The first kappa shape index (κ1) is 16.1. The van der Waals surface area contributed by atoms with Crippen LogP contribution >= 0.6 is 0 Å². The Bertz CT molecular complexity index is 757. The molecule has 5 heteroatoms. The SMILES string of the molecule is CC1c2ccc(C(=O)O)cc2CCN1C(=O)OCc1ccccc1. The first-order valence-electron chi connectivity index (χ1n) is 7.89. The zero-order valence-electron chi connectivity index (χ0n) is 13.4. The van der Waals surface area contributed by atoms with Crippen LogP contribution < -0.4 is 0 Å². The van der Waals surface area contributed by atoms with Gasteiger partial charge in [-0.2, -0.15) is 0 Å². The van der Waals surface area contributed by atoms with Gasteiger partial charge in [0.05, 0.1) is 11.6 Å². The van der Waals surface area contributed by atoms with E-state index in [0.29, 0.717) is 13.0 Å². The van der Waals surface area contributed by atoms with Crippen LogP contribution in [0.4, 0.5) is 4.79 Å². The van der Waals surface area contributed by atoms with Crippen LogP contribution in [0.3, 0.4) is 0 Å². The fourth-order valence-electron chi connectivity index (χ4n) is 3.02. The normalized spacial score (nSPS) is 16.4. The molecule has 0 bridgehead atoms. The van der Waals surface area contributed by atoms with Crippen molar-refractivity contribution in [2.45, 2.75) is 26.0 Å². The van der Waals surface area contributed by atoms with E-state index in [9.17, 15) is 9.59 Å². The van der Waals surface area contributed by atoms with Crippen LogP contribution in [0.1, 0.15) is 40.0 Å². The Morgan fingerprint density at radius 3 is 2.67 bits per heavy atom. The number of carboxylic acid groups (broad SMARTS) is 1. The molecule has 0 fully saturated rings. The van der Waals surface area contributed by atoms with Gasteiger partial charge in [0.2, 0.25) is 0 Å². The number of benzene rings is 2. The molecule has 124 valence electrons. The molecular formula is C19H19NO4. The van der Waals surface area contributed by atoms with Crippen LogP contribution in [0.15, 0.2) is 48.5 Å². The molecule has 1 amide bonds. The lowest BCUT2D eigenvalue weighted by Gasteiger charge is -2.34. The largest absolute Gasteiger partial charge is 0.478 e. The average Bonchev–Trinajstić information content (AvgIpc) is 2.60. The van der Waals surface area contributed by atoms with Gasteiger partial charge in [-0.15, -0.1) is 0 Å². The van der Waals surface area contributed by atoms with E-state index in [1.54, 1.807) is 23.1 Å². The summed E-state index contributed by atoms with van der Waals surface area (Å²) in [6, 6.07) is 14.5. The average molecular weight is 325 g/mol. The lowest BCUT2D eigenvalue weighted by Crippen LogP contribution is -2.39. The third-order valence-corrected chi connectivity index (χ3v) is 4.37. The minimum Gasteiger partial charge on any atom is -0.478 e. The summed E-state index contributed by atoms with van der Waals surface area (Å²) in [6.45, 7) is 2.70. The van der Waals surface area contributed by atoms with Crippen molar-refractivity contribution >= 4 is 12.1 Å². The van der Waals surface area contributed by atoms with Crippen molar-refractivity contribution in [3.8, 4) is 0 Å². The zero-order valence-corrected chi connectivity index (χ0v) is 13.4. The van der Waals surface area contributed by atoms with Crippen LogP contribution in [0.2, 0.25) is 0 Å². The number of carboxylic acids is 1.